The molecule has 102 valence electrons. The molecule has 0 spiro atoms. The predicted octanol–water partition coefficient (Wildman–Crippen LogP) is -1.10. The third-order valence-electron chi connectivity index (χ3n) is 2.99. The van der Waals surface area contributed by atoms with Gasteiger partial charge in [-0.05, 0) is 6.42 Å². The Labute approximate surface area is 109 Å². The van der Waals surface area contributed by atoms with E-state index in [1.807, 2.05) is 0 Å². The Bertz CT molecular complexity index is 563. The molecule has 1 fully saturated rings. The molecule has 1 aromatic rings. The molecule has 0 bridgehead atoms. The minimum atomic E-state index is -0.839. The first kappa shape index (κ1) is 13.1. The van der Waals surface area contributed by atoms with Crippen LogP contribution < -0.4 is 16.5 Å². The van der Waals surface area contributed by atoms with E-state index in [-0.39, 0.29) is 17.3 Å². The molecule has 2 heterocycles. The number of nitrogens with two attached hydrogens (primary N) is 2. The summed E-state index contributed by atoms with van der Waals surface area (Å²) in [6.45, 7) is 2.26. The molecule has 19 heavy (non-hydrogen) atoms. The Morgan fingerprint density at radius 2 is 2.00 bits per heavy atom. The summed E-state index contributed by atoms with van der Waals surface area (Å²) in [5, 5.41) is 1.39. The van der Waals surface area contributed by atoms with Crippen molar-refractivity contribution in [3.8, 4) is 0 Å². The van der Waals surface area contributed by atoms with Crippen molar-refractivity contribution in [1.29, 1.82) is 0 Å². The lowest BCUT2D eigenvalue weighted by molar-refractivity contribution is -0.118. The van der Waals surface area contributed by atoms with Gasteiger partial charge in [0.15, 0.2) is 11.4 Å². The van der Waals surface area contributed by atoms with E-state index in [0.717, 1.165) is 0 Å². The fraction of sp³-hybridized carbons (Fsp3) is 0.455. The van der Waals surface area contributed by atoms with Crippen molar-refractivity contribution >= 4 is 17.7 Å². The molecule has 8 heteroatoms. The van der Waals surface area contributed by atoms with Crippen LogP contribution >= 0.6 is 0 Å². The van der Waals surface area contributed by atoms with E-state index in [4.69, 9.17) is 11.5 Å². The minimum absolute atomic E-state index is 0.125. The average molecular weight is 265 g/mol. The summed E-state index contributed by atoms with van der Waals surface area (Å²) in [5.41, 5.74) is 10.2. The van der Waals surface area contributed by atoms with E-state index in [1.54, 1.807) is 6.92 Å². The lowest BCUT2D eigenvalue weighted by Crippen LogP contribution is -2.40. The Balaban J connectivity index is 2.65. The fourth-order valence-electron chi connectivity index (χ4n) is 2.19. The van der Waals surface area contributed by atoms with Gasteiger partial charge in [0.05, 0.1) is 0 Å². The van der Waals surface area contributed by atoms with Crippen LogP contribution in [0, 0.1) is 0 Å². The second-order valence-corrected chi connectivity index (χ2v) is 4.24. The minimum Gasteiger partial charge on any atom is -0.364 e. The van der Waals surface area contributed by atoms with E-state index in [9.17, 15) is 14.4 Å². The van der Waals surface area contributed by atoms with E-state index < -0.39 is 11.8 Å². The molecule has 1 aliphatic heterocycles. The highest BCUT2D eigenvalue weighted by atomic mass is 16.2. The van der Waals surface area contributed by atoms with Crippen LogP contribution in [0.1, 0.15) is 46.6 Å². The summed E-state index contributed by atoms with van der Waals surface area (Å²) in [5.74, 6) is -1.39. The summed E-state index contributed by atoms with van der Waals surface area (Å²) in [4.78, 5) is 38.7. The van der Waals surface area contributed by atoms with Crippen molar-refractivity contribution in [2.45, 2.75) is 26.2 Å². The molecule has 0 atom stereocenters. The maximum Gasteiger partial charge on any atom is 0.269 e. The molecular weight excluding hydrogens is 250 g/mol. The second-order valence-electron chi connectivity index (χ2n) is 4.24. The van der Waals surface area contributed by atoms with Crippen LogP contribution in [0.25, 0.3) is 0 Å². The molecule has 0 radical (unpaired) electrons. The Kier molecular flexibility index (Phi) is 3.24. The number of hydrogen-bond acceptors (Lipinski definition) is 4. The standard InChI is InChI=1S/C11H15N5O3/c1-2-6-14-8(10(12)18)9(11(13)19)16(6)15-5-3-4-7(15)17/h2-5H2,1H3,(H2,12,18)(H2,13,19). The average Bonchev–Trinajstić information content (AvgIpc) is 2.91. The number of carbonyl (C=O) groups is 3. The quantitative estimate of drug-likeness (QED) is 0.717. The van der Waals surface area contributed by atoms with Crippen LogP contribution in [-0.2, 0) is 11.2 Å². The first-order valence-electron chi connectivity index (χ1n) is 5.99. The highest BCUT2D eigenvalue weighted by Crippen LogP contribution is 2.17. The lowest BCUT2D eigenvalue weighted by atomic mass is 10.3. The summed E-state index contributed by atoms with van der Waals surface area (Å²) >= 11 is 0. The number of amides is 3. The molecule has 0 unspecified atom stereocenters. The van der Waals surface area contributed by atoms with Gasteiger partial charge in [0.2, 0.25) is 5.91 Å². The number of imidazole rings is 1. The lowest BCUT2D eigenvalue weighted by Gasteiger charge is -2.21. The molecule has 1 saturated heterocycles. The number of rotatable bonds is 4. The highest BCUT2D eigenvalue weighted by Gasteiger charge is 2.31. The van der Waals surface area contributed by atoms with Crippen molar-refractivity contribution in [2.24, 2.45) is 11.5 Å². The second kappa shape index (κ2) is 4.71. The van der Waals surface area contributed by atoms with Gasteiger partial charge in [-0.2, -0.15) is 0 Å². The van der Waals surface area contributed by atoms with Gasteiger partial charge >= 0.3 is 0 Å². The first-order chi connectivity index (χ1) is 8.97. The number of aromatic nitrogens is 2. The Hall–Kier alpha value is -2.38. The van der Waals surface area contributed by atoms with Gasteiger partial charge in [0.25, 0.3) is 11.8 Å². The zero-order chi connectivity index (χ0) is 14.2. The van der Waals surface area contributed by atoms with Crippen molar-refractivity contribution < 1.29 is 14.4 Å². The molecule has 0 saturated carbocycles. The summed E-state index contributed by atoms with van der Waals surface area (Å²) in [7, 11) is 0. The number of hydrogen-bond donors (Lipinski definition) is 2. The fourth-order valence-corrected chi connectivity index (χ4v) is 2.19. The molecule has 1 aliphatic rings. The SMILES string of the molecule is CCc1nc(C(N)=O)c(C(N)=O)n1N1CCCC1=O. The predicted molar refractivity (Wildman–Crippen MR) is 66.0 cm³/mol. The maximum atomic E-state index is 11.8. The van der Waals surface area contributed by atoms with E-state index in [1.165, 1.54) is 9.69 Å². The molecule has 1 aromatic heterocycles. The molecule has 2 rings (SSSR count). The summed E-state index contributed by atoms with van der Waals surface area (Å²) < 4.78 is 1.33. The number of carbonyl (C=O) groups excluding carboxylic acids is 3. The zero-order valence-corrected chi connectivity index (χ0v) is 10.5. The van der Waals surface area contributed by atoms with Gasteiger partial charge in [0, 0.05) is 19.4 Å². The first-order valence-corrected chi connectivity index (χ1v) is 5.99. The van der Waals surface area contributed by atoms with Crippen LogP contribution in [0.2, 0.25) is 0 Å². The largest absolute Gasteiger partial charge is 0.364 e. The van der Waals surface area contributed by atoms with Crippen LogP contribution in [0.5, 0.6) is 0 Å². The summed E-state index contributed by atoms with van der Waals surface area (Å²) in [6.07, 6.45) is 1.52. The molecule has 3 amide bonds. The van der Waals surface area contributed by atoms with Gasteiger partial charge in [-0.25, -0.2) is 14.7 Å². The van der Waals surface area contributed by atoms with Gasteiger partial charge < -0.3 is 11.5 Å². The number of primary amides is 2. The van der Waals surface area contributed by atoms with Crippen LogP contribution in [0.4, 0.5) is 0 Å². The van der Waals surface area contributed by atoms with Crippen LogP contribution in [0.3, 0.4) is 0 Å². The highest BCUT2D eigenvalue weighted by molar-refractivity contribution is 6.04. The molecular formula is C11H15N5O3. The van der Waals surface area contributed by atoms with Crippen LogP contribution in [0.15, 0.2) is 0 Å². The van der Waals surface area contributed by atoms with Gasteiger partial charge in [0.1, 0.15) is 5.82 Å². The molecule has 8 nitrogen and oxygen atoms in total. The van der Waals surface area contributed by atoms with Gasteiger partial charge in [-0.15, -0.1) is 0 Å². The maximum absolute atomic E-state index is 11.8. The summed E-state index contributed by atoms with van der Waals surface area (Å²) in [6, 6.07) is 0. The Morgan fingerprint density at radius 1 is 1.32 bits per heavy atom. The van der Waals surface area contributed by atoms with Crippen molar-refractivity contribution in [3.63, 3.8) is 0 Å². The Morgan fingerprint density at radius 3 is 2.42 bits per heavy atom. The third kappa shape index (κ3) is 2.05. The molecule has 0 aliphatic carbocycles. The van der Waals surface area contributed by atoms with Crippen molar-refractivity contribution in [2.75, 3.05) is 11.6 Å². The normalized spacial score (nSPS) is 15.0. The monoisotopic (exact) mass is 265 g/mol. The van der Waals surface area contributed by atoms with Crippen molar-refractivity contribution in [1.82, 2.24) is 9.66 Å². The molecule has 4 N–H and O–H groups in total. The van der Waals surface area contributed by atoms with E-state index in [0.29, 0.717) is 31.6 Å². The smallest absolute Gasteiger partial charge is 0.269 e. The van der Waals surface area contributed by atoms with Crippen molar-refractivity contribution in [3.05, 3.63) is 17.2 Å². The third-order valence-corrected chi connectivity index (χ3v) is 2.99. The van der Waals surface area contributed by atoms with Gasteiger partial charge in [-0.3, -0.25) is 14.4 Å². The topological polar surface area (TPSA) is 124 Å². The molecule has 0 aromatic carbocycles. The van der Waals surface area contributed by atoms with E-state index in [2.05, 4.69) is 4.98 Å². The van der Waals surface area contributed by atoms with Crippen LogP contribution in [-0.4, -0.2) is 33.9 Å². The zero-order valence-electron chi connectivity index (χ0n) is 10.5. The van der Waals surface area contributed by atoms with Gasteiger partial charge in [-0.1, -0.05) is 6.92 Å². The van der Waals surface area contributed by atoms with E-state index >= 15 is 0 Å². The number of nitrogens with zero attached hydrogens (tertiary/aromatic N) is 3. The number of aryl methyl sites for hydroxylation is 1.